The lowest BCUT2D eigenvalue weighted by Gasteiger charge is -2.15. The Balaban J connectivity index is 1.29. The van der Waals surface area contributed by atoms with Crippen molar-refractivity contribution in [1.82, 2.24) is 15.0 Å². The standard InChI is InChI=1S/C22H17N5OS/c1-2-6-20-19(5-1)27-22(29-20)26-15-7-9-16(10-8-15)28-21-17(4-3-12-24-21)18-11-13-23-14-25-18/h1-14,22,26-27H. The van der Waals surface area contributed by atoms with Crippen LogP contribution in [0.2, 0.25) is 0 Å². The summed E-state index contributed by atoms with van der Waals surface area (Å²) >= 11 is 1.76. The molecule has 0 aliphatic carbocycles. The number of aromatic nitrogens is 3. The summed E-state index contributed by atoms with van der Waals surface area (Å²) in [4.78, 5) is 13.9. The number of nitrogens with one attached hydrogen (secondary N) is 2. The maximum atomic E-state index is 6.02. The number of fused-ring (bicyclic) bond motifs is 1. The molecule has 6 nitrogen and oxygen atoms in total. The van der Waals surface area contributed by atoms with Crippen molar-refractivity contribution in [1.29, 1.82) is 0 Å². The summed E-state index contributed by atoms with van der Waals surface area (Å²) in [6.07, 6.45) is 4.92. The van der Waals surface area contributed by atoms with E-state index in [0.29, 0.717) is 11.6 Å². The molecule has 0 fully saturated rings. The second-order valence-electron chi connectivity index (χ2n) is 6.36. The van der Waals surface area contributed by atoms with E-state index in [9.17, 15) is 0 Å². The summed E-state index contributed by atoms with van der Waals surface area (Å²) in [5.74, 6) is 1.22. The maximum absolute atomic E-state index is 6.02. The molecule has 1 aliphatic rings. The predicted molar refractivity (Wildman–Crippen MR) is 115 cm³/mol. The average Bonchev–Trinajstić information content (AvgIpc) is 3.18. The molecule has 0 spiro atoms. The lowest BCUT2D eigenvalue weighted by molar-refractivity contribution is 0.465. The quantitative estimate of drug-likeness (QED) is 0.475. The van der Waals surface area contributed by atoms with E-state index in [2.05, 4.69) is 43.8 Å². The molecular formula is C22H17N5OS. The SMILES string of the molecule is c1ccc2c(c1)NC(Nc1ccc(Oc3ncccc3-c3ccncn3)cc1)S2. The van der Waals surface area contributed by atoms with Crippen molar-refractivity contribution in [3.8, 4) is 22.9 Å². The van der Waals surface area contributed by atoms with Gasteiger partial charge in [0.15, 0.2) is 0 Å². The van der Waals surface area contributed by atoms with Gasteiger partial charge in [-0.05, 0) is 54.6 Å². The molecule has 1 aliphatic heterocycles. The molecule has 1 unspecified atom stereocenters. The fourth-order valence-electron chi connectivity index (χ4n) is 3.05. The molecule has 0 saturated carbocycles. The van der Waals surface area contributed by atoms with Crippen LogP contribution in [0, 0.1) is 0 Å². The zero-order valence-corrected chi connectivity index (χ0v) is 16.1. The minimum Gasteiger partial charge on any atom is -0.438 e. The first-order valence-electron chi connectivity index (χ1n) is 9.13. The van der Waals surface area contributed by atoms with Crippen LogP contribution >= 0.6 is 11.8 Å². The highest BCUT2D eigenvalue weighted by atomic mass is 32.2. The fraction of sp³-hybridized carbons (Fsp3) is 0.0455. The van der Waals surface area contributed by atoms with Gasteiger partial charge in [-0.25, -0.2) is 15.0 Å². The van der Waals surface area contributed by atoms with Gasteiger partial charge >= 0.3 is 0 Å². The van der Waals surface area contributed by atoms with Crippen molar-refractivity contribution in [2.75, 3.05) is 10.6 Å². The Bertz CT molecular complexity index is 1100. The minimum absolute atomic E-state index is 0.0966. The van der Waals surface area contributed by atoms with Crippen molar-refractivity contribution < 1.29 is 4.74 Å². The number of hydrogen-bond acceptors (Lipinski definition) is 7. The Morgan fingerprint density at radius 1 is 0.897 bits per heavy atom. The molecule has 0 bridgehead atoms. The summed E-state index contributed by atoms with van der Waals surface area (Å²) < 4.78 is 6.02. The largest absolute Gasteiger partial charge is 0.438 e. The van der Waals surface area contributed by atoms with Crippen LogP contribution < -0.4 is 15.4 Å². The second kappa shape index (κ2) is 7.81. The number of pyridine rings is 1. The summed E-state index contributed by atoms with van der Waals surface area (Å²) in [5.41, 5.74) is 3.85. The van der Waals surface area contributed by atoms with E-state index in [4.69, 9.17) is 4.74 Å². The number of anilines is 2. The van der Waals surface area contributed by atoms with Crippen molar-refractivity contribution in [3.05, 3.63) is 85.5 Å². The van der Waals surface area contributed by atoms with Crippen LogP contribution in [0.3, 0.4) is 0 Å². The highest BCUT2D eigenvalue weighted by Gasteiger charge is 2.20. The molecule has 142 valence electrons. The van der Waals surface area contributed by atoms with Gasteiger partial charge in [0.1, 0.15) is 17.6 Å². The van der Waals surface area contributed by atoms with E-state index in [1.54, 1.807) is 24.2 Å². The number of ether oxygens (including phenoxy) is 1. The van der Waals surface area contributed by atoms with Crippen LogP contribution in [-0.4, -0.2) is 20.4 Å². The topological polar surface area (TPSA) is 72.0 Å². The van der Waals surface area contributed by atoms with Crippen LogP contribution in [0.25, 0.3) is 11.3 Å². The van der Waals surface area contributed by atoms with Crippen molar-refractivity contribution >= 4 is 23.1 Å². The zero-order valence-electron chi connectivity index (χ0n) is 15.3. The minimum atomic E-state index is 0.0966. The molecule has 2 aromatic heterocycles. The van der Waals surface area contributed by atoms with Gasteiger partial charge in [0.05, 0.1) is 16.9 Å². The summed E-state index contributed by atoms with van der Waals surface area (Å²) in [7, 11) is 0. The van der Waals surface area contributed by atoms with E-state index in [-0.39, 0.29) is 5.50 Å². The molecule has 2 N–H and O–H groups in total. The Hall–Kier alpha value is -3.58. The second-order valence-corrected chi connectivity index (χ2v) is 7.51. The highest BCUT2D eigenvalue weighted by molar-refractivity contribution is 8.00. The molecule has 29 heavy (non-hydrogen) atoms. The number of thioether (sulfide) groups is 1. The molecule has 4 aromatic rings. The van der Waals surface area contributed by atoms with Crippen LogP contribution in [-0.2, 0) is 0 Å². The first-order chi connectivity index (χ1) is 14.3. The van der Waals surface area contributed by atoms with Gasteiger partial charge in [0.2, 0.25) is 5.88 Å². The monoisotopic (exact) mass is 399 g/mol. The van der Waals surface area contributed by atoms with Crippen molar-refractivity contribution in [3.63, 3.8) is 0 Å². The first kappa shape index (κ1) is 17.5. The molecule has 0 amide bonds. The Morgan fingerprint density at radius 2 is 1.79 bits per heavy atom. The fourth-order valence-corrected chi connectivity index (χ4v) is 4.10. The van der Waals surface area contributed by atoms with Gasteiger partial charge in [-0.3, -0.25) is 0 Å². The number of rotatable bonds is 5. The van der Waals surface area contributed by atoms with Crippen LogP contribution in [0.5, 0.6) is 11.6 Å². The van der Waals surface area contributed by atoms with E-state index < -0.39 is 0 Å². The van der Waals surface area contributed by atoms with E-state index in [1.807, 2.05) is 48.5 Å². The first-order valence-corrected chi connectivity index (χ1v) is 10.0. The number of hydrogen-bond donors (Lipinski definition) is 2. The lowest BCUT2D eigenvalue weighted by Crippen LogP contribution is -2.20. The number of benzene rings is 2. The van der Waals surface area contributed by atoms with E-state index in [1.165, 1.54) is 11.2 Å². The van der Waals surface area contributed by atoms with Gasteiger partial charge < -0.3 is 15.4 Å². The zero-order chi connectivity index (χ0) is 19.5. The van der Waals surface area contributed by atoms with Gasteiger partial charge in [0, 0.05) is 23.0 Å². The summed E-state index contributed by atoms with van der Waals surface area (Å²) in [6.45, 7) is 0. The third-order valence-corrected chi connectivity index (χ3v) is 5.50. The van der Waals surface area contributed by atoms with Gasteiger partial charge in [-0.1, -0.05) is 23.9 Å². The molecule has 5 rings (SSSR count). The lowest BCUT2D eigenvalue weighted by atomic mass is 10.2. The number of para-hydroxylation sites is 1. The maximum Gasteiger partial charge on any atom is 0.228 e. The predicted octanol–water partition coefficient (Wildman–Crippen LogP) is 5.24. The van der Waals surface area contributed by atoms with Gasteiger partial charge in [-0.15, -0.1) is 0 Å². The van der Waals surface area contributed by atoms with Crippen molar-refractivity contribution in [2.45, 2.75) is 10.4 Å². The normalized spacial score (nSPS) is 14.7. The molecule has 2 aromatic carbocycles. The smallest absolute Gasteiger partial charge is 0.228 e. The van der Waals surface area contributed by atoms with Crippen LogP contribution in [0.1, 0.15) is 0 Å². The Morgan fingerprint density at radius 3 is 2.62 bits per heavy atom. The van der Waals surface area contributed by atoms with Gasteiger partial charge in [0.25, 0.3) is 0 Å². The van der Waals surface area contributed by atoms with Crippen LogP contribution in [0.15, 0.2) is 90.3 Å². The average molecular weight is 399 g/mol. The summed E-state index contributed by atoms with van der Waals surface area (Å²) in [6, 6.07) is 21.8. The molecule has 0 saturated heterocycles. The Kier molecular flexibility index (Phi) is 4.72. The number of nitrogens with zero attached hydrogens (tertiary/aromatic N) is 3. The van der Waals surface area contributed by atoms with Gasteiger partial charge in [-0.2, -0.15) is 0 Å². The highest BCUT2D eigenvalue weighted by Crippen LogP contribution is 2.38. The molecule has 3 heterocycles. The molecular weight excluding hydrogens is 382 g/mol. The molecule has 1 atom stereocenters. The van der Waals surface area contributed by atoms with Crippen LogP contribution in [0.4, 0.5) is 11.4 Å². The van der Waals surface area contributed by atoms with Crippen molar-refractivity contribution in [2.24, 2.45) is 0 Å². The van der Waals surface area contributed by atoms with E-state index >= 15 is 0 Å². The third-order valence-electron chi connectivity index (χ3n) is 4.41. The van der Waals surface area contributed by atoms with E-state index in [0.717, 1.165) is 22.6 Å². The molecule has 0 radical (unpaired) electrons. The summed E-state index contributed by atoms with van der Waals surface area (Å²) in [5, 5.41) is 6.94. The molecule has 7 heteroatoms. The third kappa shape index (κ3) is 3.86. The Labute approximate surface area is 172 Å².